The van der Waals surface area contributed by atoms with Gasteiger partial charge < -0.3 is 4.74 Å². The van der Waals surface area contributed by atoms with Crippen LogP contribution in [0.1, 0.15) is 57.0 Å². The molecule has 2 aromatic rings. The summed E-state index contributed by atoms with van der Waals surface area (Å²) in [5, 5.41) is 9.66. The highest BCUT2D eigenvalue weighted by atomic mass is 19.1. The number of nitrogens with zero attached hydrogens (tertiary/aromatic N) is 4. The number of rotatable bonds is 7. The molecule has 0 atom stereocenters. The lowest BCUT2D eigenvalue weighted by Gasteiger charge is -2.26. The lowest BCUT2D eigenvalue weighted by Crippen LogP contribution is -2.30. The molecule has 0 fully saturated rings. The van der Waals surface area contributed by atoms with Gasteiger partial charge in [-0.2, -0.15) is 5.26 Å². The maximum absolute atomic E-state index is 14.2. The molecule has 3 heterocycles. The van der Waals surface area contributed by atoms with Crippen LogP contribution < -0.4 is 10.3 Å². The molecule has 35 heavy (non-hydrogen) atoms. The van der Waals surface area contributed by atoms with Crippen molar-refractivity contribution in [3.8, 4) is 23.1 Å². The van der Waals surface area contributed by atoms with Crippen molar-refractivity contribution in [2.75, 3.05) is 7.05 Å². The molecule has 1 aliphatic rings. The normalized spacial score (nSPS) is 14.2. The number of nitriles is 1. The number of aryl methyl sites for hydroxylation is 1. The Morgan fingerprint density at radius 2 is 2.09 bits per heavy atom. The quantitative estimate of drug-likeness (QED) is 0.353. The third-order valence-electron chi connectivity index (χ3n) is 5.74. The van der Waals surface area contributed by atoms with Crippen molar-refractivity contribution < 1.29 is 13.5 Å². The summed E-state index contributed by atoms with van der Waals surface area (Å²) in [6.07, 6.45) is 6.14. The van der Waals surface area contributed by atoms with Gasteiger partial charge in [0.05, 0.1) is 29.0 Å². The van der Waals surface area contributed by atoms with Gasteiger partial charge in [0.15, 0.2) is 0 Å². The fraction of sp³-hybridized carbons (Fsp3) is 0.333. The number of halogens is 2. The minimum absolute atomic E-state index is 0.0285. The molecule has 0 saturated carbocycles. The number of allylic oxidation sites excluding steroid dienone is 6. The summed E-state index contributed by atoms with van der Waals surface area (Å²) >= 11 is 0. The van der Waals surface area contributed by atoms with Crippen LogP contribution in [0, 0.1) is 24.1 Å². The number of fused-ring (bicyclic) bond motifs is 3. The average Bonchev–Trinajstić information content (AvgIpc) is 2.82. The van der Waals surface area contributed by atoms with E-state index in [9.17, 15) is 18.8 Å². The zero-order valence-corrected chi connectivity index (χ0v) is 20.6. The molecule has 0 aliphatic carbocycles. The molecule has 182 valence electrons. The first-order valence-corrected chi connectivity index (χ1v) is 11.4. The van der Waals surface area contributed by atoms with E-state index >= 15 is 0 Å². The highest BCUT2D eigenvalue weighted by Gasteiger charge is 2.27. The molecule has 0 saturated heterocycles. The summed E-state index contributed by atoms with van der Waals surface area (Å²) in [6.45, 7) is 6.52. The molecule has 0 N–H and O–H groups in total. The Hall–Kier alpha value is -3.86. The van der Waals surface area contributed by atoms with Gasteiger partial charge in [-0.05, 0) is 51.7 Å². The van der Waals surface area contributed by atoms with E-state index in [2.05, 4.69) is 16.0 Å². The summed E-state index contributed by atoms with van der Waals surface area (Å²) in [5.41, 5.74) is 3.16. The highest BCUT2D eigenvalue weighted by molar-refractivity contribution is 6.03. The van der Waals surface area contributed by atoms with Crippen LogP contribution in [0.15, 0.2) is 45.5 Å². The van der Waals surface area contributed by atoms with Crippen LogP contribution in [-0.2, 0) is 6.61 Å². The highest BCUT2D eigenvalue weighted by Crippen LogP contribution is 2.38. The van der Waals surface area contributed by atoms with Gasteiger partial charge in [0.1, 0.15) is 23.9 Å². The van der Waals surface area contributed by atoms with Crippen LogP contribution in [0.5, 0.6) is 5.75 Å². The zero-order valence-electron chi connectivity index (χ0n) is 20.6. The monoisotopic (exact) mass is 478 g/mol. The Labute approximate surface area is 203 Å². The van der Waals surface area contributed by atoms with Gasteiger partial charge in [0.2, 0.25) is 0 Å². The fourth-order valence-corrected chi connectivity index (χ4v) is 4.05. The predicted molar refractivity (Wildman–Crippen MR) is 134 cm³/mol. The van der Waals surface area contributed by atoms with Crippen LogP contribution >= 0.6 is 0 Å². The Bertz CT molecular complexity index is 1370. The summed E-state index contributed by atoms with van der Waals surface area (Å²) in [4.78, 5) is 22.4. The summed E-state index contributed by atoms with van der Waals surface area (Å²) in [6, 6.07) is 5.11. The van der Waals surface area contributed by atoms with Crippen LogP contribution in [0.3, 0.4) is 0 Å². The average molecular weight is 479 g/mol. The Kier molecular flexibility index (Phi) is 8.13. The maximum atomic E-state index is 14.2. The first-order valence-electron chi connectivity index (χ1n) is 11.4. The fourth-order valence-electron chi connectivity index (χ4n) is 4.05. The second-order valence-corrected chi connectivity index (χ2v) is 8.22. The van der Waals surface area contributed by atoms with E-state index in [-0.39, 0.29) is 29.4 Å². The van der Waals surface area contributed by atoms with Crippen molar-refractivity contribution in [1.29, 1.82) is 5.26 Å². The van der Waals surface area contributed by atoms with Crippen molar-refractivity contribution in [3.05, 3.63) is 68.8 Å². The first kappa shape index (κ1) is 25.8. The summed E-state index contributed by atoms with van der Waals surface area (Å²) in [5.74, 6) is -0.540. The van der Waals surface area contributed by atoms with Gasteiger partial charge in [-0.25, -0.2) is 13.8 Å². The van der Waals surface area contributed by atoms with E-state index in [4.69, 9.17) is 4.74 Å². The number of aliphatic imine (C=N–C) groups is 1. The second kappa shape index (κ2) is 11.0. The van der Waals surface area contributed by atoms with E-state index in [1.165, 1.54) is 23.6 Å². The molecule has 0 unspecified atom stereocenters. The van der Waals surface area contributed by atoms with E-state index in [0.29, 0.717) is 58.6 Å². The molecular formula is C27H28F2N4O2. The van der Waals surface area contributed by atoms with Gasteiger partial charge >= 0.3 is 0 Å². The molecule has 2 aromatic heterocycles. The molecule has 8 heteroatoms. The van der Waals surface area contributed by atoms with Crippen molar-refractivity contribution >= 4 is 17.5 Å². The second-order valence-electron chi connectivity index (χ2n) is 8.22. The Morgan fingerprint density at radius 1 is 1.34 bits per heavy atom. The van der Waals surface area contributed by atoms with Gasteiger partial charge in [-0.1, -0.05) is 19.1 Å². The van der Waals surface area contributed by atoms with E-state index in [1.54, 1.807) is 33.2 Å². The van der Waals surface area contributed by atoms with E-state index in [0.717, 1.165) is 0 Å². The SMILES string of the molecule is CC/C=C(\C=N/C)n1c2c(cc(/C(CC/C=C(\C)F)=C(/C)C#N)c1=O)-c1nc(C)c(F)cc1OC2. The van der Waals surface area contributed by atoms with E-state index < -0.39 is 5.82 Å². The third kappa shape index (κ3) is 5.29. The molecule has 0 spiro atoms. The van der Waals surface area contributed by atoms with Crippen molar-refractivity contribution in [3.63, 3.8) is 0 Å². The molecule has 1 aliphatic heterocycles. The number of hydrogen-bond donors (Lipinski definition) is 0. The molecule has 0 bridgehead atoms. The van der Waals surface area contributed by atoms with Crippen LogP contribution in [0.2, 0.25) is 0 Å². The van der Waals surface area contributed by atoms with Gasteiger partial charge in [0, 0.05) is 36.0 Å². The van der Waals surface area contributed by atoms with Crippen molar-refractivity contribution in [1.82, 2.24) is 9.55 Å². The van der Waals surface area contributed by atoms with Crippen molar-refractivity contribution in [2.45, 2.75) is 53.6 Å². The smallest absolute Gasteiger partial charge is 0.263 e. The van der Waals surface area contributed by atoms with Gasteiger partial charge in [-0.3, -0.25) is 14.4 Å². The lowest BCUT2D eigenvalue weighted by molar-refractivity contribution is 0.290. The minimum atomic E-state index is -0.486. The van der Waals surface area contributed by atoms with Gasteiger partial charge in [-0.15, -0.1) is 0 Å². The first-order chi connectivity index (χ1) is 16.7. The summed E-state index contributed by atoms with van der Waals surface area (Å²) < 4.78 is 34.9. The molecule has 3 rings (SSSR count). The summed E-state index contributed by atoms with van der Waals surface area (Å²) in [7, 11) is 1.61. The lowest BCUT2D eigenvalue weighted by atomic mass is 9.93. The van der Waals surface area contributed by atoms with E-state index in [1.807, 2.05) is 13.0 Å². The maximum Gasteiger partial charge on any atom is 0.263 e. The number of pyridine rings is 2. The van der Waals surface area contributed by atoms with Crippen LogP contribution in [-0.4, -0.2) is 22.8 Å². The van der Waals surface area contributed by atoms with Crippen molar-refractivity contribution in [2.24, 2.45) is 4.99 Å². The standard InChI is InChI=1S/C27H28F2N4O2/c1-6-8-19(14-31-5)33-24-15-35-25-12-23(29)18(4)32-26(25)22(24)11-21(27(33)34)20(16(2)13-30)10-7-9-17(3)28/h8-9,11-12,14H,6-7,10,15H2,1-5H3/b17-9+,19-8+,20-16-,31-14-. The molecule has 0 amide bonds. The number of aromatic nitrogens is 2. The Balaban J connectivity index is 2.42. The molecule has 0 aromatic carbocycles. The topological polar surface area (TPSA) is 80.3 Å². The minimum Gasteiger partial charge on any atom is -0.485 e. The largest absolute Gasteiger partial charge is 0.485 e. The van der Waals surface area contributed by atoms with Gasteiger partial charge in [0.25, 0.3) is 5.56 Å². The Morgan fingerprint density at radius 3 is 2.71 bits per heavy atom. The zero-order chi connectivity index (χ0) is 25.7. The number of hydrogen-bond acceptors (Lipinski definition) is 5. The van der Waals surface area contributed by atoms with Crippen LogP contribution in [0.25, 0.3) is 22.5 Å². The molecule has 6 nitrogen and oxygen atoms in total. The van der Waals surface area contributed by atoms with Crippen LogP contribution in [0.4, 0.5) is 8.78 Å². The third-order valence-corrected chi connectivity index (χ3v) is 5.74. The molecule has 0 radical (unpaired) electrons. The number of ether oxygens (including phenoxy) is 1. The predicted octanol–water partition coefficient (Wildman–Crippen LogP) is 6.15. The molecular weight excluding hydrogens is 450 g/mol.